The van der Waals surface area contributed by atoms with Crippen molar-refractivity contribution in [2.24, 2.45) is 10.8 Å². The number of ether oxygens (including phenoxy) is 1. The molecule has 1 aromatic carbocycles. The number of nitrogens with one attached hydrogen (secondary N) is 1. The minimum absolute atomic E-state index is 0.435. The molecule has 0 spiro atoms. The molecule has 1 fully saturated rings. The SMILES string of the molecule is CC1(C)CC(NC2CCOc3ccccc32)CC(C)(C)C1. The highest BCUT2D eigenvalue weighted by atomic mass is 16.5. The van der Waals surface area contributed by atoms with Crippen LogP contribution in [-0.4, -0.2) is 12.6 Å². The quantitative estimate of drug-likeness (QED) is 0.851. The second-order valence-electron chi connectivity index (χ2n) is 8.50. The van der Waals surface area contributed by atoms with Crippen LogP contribution in [0.25, 0.3) is 0 Å². The van der Waals surface area contributed by atoms with Crippen molar-refractivity contribution in [1.29, 1.82) is 0 Å². The molecule has 1 heterocycles. The molecule has 1 unspecified atom stereocenters. The Morgan fingerprint density at radius 1 is 1.05 bits per heavy atom. The Hall–Kier alpha value is -1.02. The number of para-hydroxylation sites is 1. The van der Waals surface area contributed by atoms with Crippen molar-refractivity contribution in [1.82, 2.24) is 5.32 Å². The van der Waals surface area contributed by atoms with Crippen LogP contribution in [0, 0.1) is 10.8 Å². The molecule has 21 heavy (non-hydrogen) atoms. The molecule has 1 saturated carbocycles. The van der Waals surface area contributed by atoms with Gasteiger partial charge in [-0.3, -0.25) is 0 Å². The van der Waals surface area contributed by atoms with E-state index in [9.17, 15) is 0 Å². The molecule has 0 amide bonds. The van der Waals surface area contributed by atoms with Gasteiger partial charge in [0.1, 0.15) is 5.75 Å². The van der Waals surface area contributed by atoms with Gasteiger partial charge in [-0.2, -0.15) is 0 Å². The second kappa shape index (κ2) is 5.31. The maximum atomic E-state index is 5.78. The van der Waals surface area contributed by atoms with Gasteiger partial charge in [0.25, 0.3) is 0 Å². The zero-order chi connectivity index (χ0) is 15.1. The molecule has 1 aromatic rings. The van der Waals surface area contributed by atoms with Gasteiger partial charge < -0.3 is 10.1 Å². The van der Waals surface area contributed by atoms with E-state index < -0.39 is 0 Å². The third-order valence-corrected chi connectivity index (χ3v) is 4.95. The van der Waals surface area contributed by atoms with Gasteiger partial charge in [-0.25, -0.2) is 0 Å². The molecule has 1 aliphatic heterocycles. The molecule has 1 N–H and O–H groups in total. The van der Waals surface area contributed by atoms with E-state index in [2.05, 4.69) is 57.3 Å². The normalized spacial score (nSPS) is 27.7. The van der Waals surface area contributed by atoms with E-state index in [-0.39, 0.29) is 0 Å². The summed E-state index contributed by atoms with van der Waals surface area (Å²) in [4.78, 5) is 0. The van der Waals surface area contributed by atoms with E-state index in [1.54, 1.807) is 0 Å². The van der Waals surface area contributed by atoms with E-state index in [1.807, 2.05) is 0 Å². The smallest absolute Gasteiger partial charge is 0.124 e. The molecular formula is C19H29NO. The molecule has 2 heteroatoms. The minimum atomic E-state index is 0.435. The number of rotatable bonds is 2. The van der Waals surface area contributed by atoms with Crippen LogP contribution in [0.3, 0.4) is 0 Å². The zero-order valence-corrected chi connectivity index (χ0v) is 13.9. The van der Waals surface area contributed by atoms with Crippen LogP contribution >= 0.6 is 0 Å². The van der Waals surface area contributed by atoms with Gasteiger partial charge in [0.05, 0.1) is 6.61 Å². The van der Waals surface area contributed by atoms with Crippen molar-refractivity contribution >= 4 is 0 Å². The first-order valence-corrected chi connectivity index (χ1v) is 8.33. The lowest BCUT2D eigenvalue weighted by Crippen LogP contribution is -2.45. The standard InChI is InChI=1S/C19H29NO/c1-18(2)11-14(12-19(3,4)13-18)20-16-9-10-21-17-8-6-5-7-15(16)17/h5-8,14,16,20H,9-13H2,1-4H3. The maximum Gasteiger partial charge on any atom is 0.124 e. The molecule has 116 valence electrons. The third-order valence-electron chi connectivity index (χ3n) is 4.95. The van der Waals surface area contributed by atoms with Crippen molar-refractivity contribution in [3.05, 3.63) is 29.8 Å². The van der Waals surface area contributed by atoms with Gasteiger partial charge >= 0.3 is 0 Å². The van der Waals surface area contributed by atoms with E-state index in [0.717, 1.165) is 18.8 Å². The van der Waals surface area contributed by atoms with Crippen molar-refractivity contribution in [2.45, 2.75) is 65.5 Å². The van der Waals surface area contributed by atoms with Crippen molar-refractivity contribution < 1.29 is 4.74 Å². The lowest BCUT2D eigenvalue weighted by Gasteiger charge is -2.46. The number of hydrogen-bond donors (Lipinski definition) is 1. The number of hydrogen-bond acceptors (Lipinski definition) is 2. The lowest BCUT2D eigenvalue weighted by atomic mass is 9.63. The fourth-order valence-electron chi connectivity index (χ4n) is 4.76. The first kappa shape index (κ1) is 14.9. The largest absolute Gasteiger partial charge is 0.493 e. The van der Waals surface area contributed by atoms with Crippen LogP contribution in [-0.2, 0) is 0 Å². The highest BCUT2D eigenvalue weighted by Gasteiger charge is 2.39. The summed E-state index contributed by atoms with van der Waals surface area (Å²) in [6, 6.07) is 9.55. The minimum Gasteiger partial charge on any atom is -0.493 e. The van der Waals surface area contributed by atoms with Crippen LogP contribution in [0.15, 0.2) is 24.3 Å². The summed E-state index contributed by atoms with van der Waals surface area (Å²) < 4.78 is 5.78. The van der Waals surface area contributed by atoms with E-state index in [0.29, 0.717) is 22.9 Å². The first-order valence-electron chi connectivity index (χ1n) is 8.33. The first-order chi connectivity index (χ1) is 9.85. The molecule has 0 bridgehead atoms. The summed E-state index contributed by atoms with van der Waals surface area (Å²) in [5, 5.41) is 3.95. The van der Waals surface area contributed by atoms with Crippen LogP contribution < -0.4 is 10.1 Å². The second-order valence-corrected chi connectivity index (χ2v) is 8.50. The van der Waals surface area contributed by atoms with E-state index in [1.165, 1.54) is 24.8 Å². The average Bonchev–Trinajstić information content (AvgIpc) is 2.35. The Balaban J connectivity index is 1.75. The summed E-state index contributed by atoms with van der Waals surface area (Å²) in [7, 11) is 0. The average molecular weight is 287 g/mol. The zero-order valence-electron chi connectivity index (χ0n) is 13.9. The van der Waals surface area contributed by atoms with Crippen LogP contribution in [0.2, 0.25) is 0 Å². The summed E-state index contributed by atoms with van der Waals surface area (Å²) in [6.07, 6.45) is 4.95. The van der Waals surface area contributed by atoms with Crippen molar-refractivity contribution in [3.8, 4) is 5.75 Å². The Morgan fingerprint density at radius 3 is 2.43 bits per heavy atom. The summed E-state index contributed by atoms with van der Waals surface area (Å²) in [5.74, 6) is 1.07. The molecule has 1 aliphatic carbocycles. The fraction of sp³-hybridized carbons (Fsp3) is 0.684. The predicted molar refractivity (Wildman–Crippen MR) is 87.6 cm³/mol. The Morgan fingerprint density at radius 2 is 1.71 bits per heavy atom. The molecular weight excluding hydrogens is 258 g/mol. The highest BCUT2D eigenvalue weighted by molar-refractivity contribution is 5.37. The summed E-state index contributed by atoms with van der Waals surface area (Å²) in [5.41, 5.74) is 2.21. The van der Waals surface area contributed by atoms with Crippen LogP contribution in [0.5, 0.6) is 5.75 Å². The van der Waals surface area contributed by atoms with Crippen molar-refractivity contribution in [2.75, 3.05) is 6.61 Å². The summed E-state index contributed by atoms with van der Waals surface area (Å²) in [6.45, 7) is 10.5. The molecule has 2 nitrogen and oxygen atoms in total. The third kappa shape index (κ3) is 3.42. The van der Waals surface area contributed by atoms with Gasteiger partial charge in [0.2, 0.25) is 0 Å². The van der Waals surface area contributed by atoms with Crippen molar-refractivity contribution in [3.63, 3.8) is 0 Å². The summed E-state index contributed by atoms with van der Waals surface area (Å²) >= 11 is 0. The van der Waals surface area contributed by atoms with Gasteiger partial charge in [-0.15, -0.1) is 0 Å². The Bertz CT molecular complexity index is 490. The topological polar surface area (TPSA) is 21.3 Å². The van der Waals surface area contributed by atoms with Gasteiger partial charge in [-0.05, 0) is 36.2 Å². The molecule has 1 atom stereocenters. The highest BCUT2D eigenvalue weighted by Crippen LogP contribution is 2.46. The van der Waals surface area contributed by atoms with E-state index in [4.69, 9.17) is 4.74 Å². The molecule has 0 radical (unpaired) electrons. The monoisotopic (exact) mass is 287 g/mol. The van der Waals surface area contributed by atoms with E-state index >= 15 is 0 Å². The fourth-order valence-corrected chi connectivity index (χ4v) is 4.76. The van der Waals surface area contributed by atoms with Gasteiger partial charge in [0.15, 0.2) is 0 Å². The molecule has 0 aromatic heterocycles. The Kier molecular flexibility index (Phi) is 3.77. The maximum absolute atomic E-state index is 5.78. The Labute approximate surface area is 129 Å². The molecule has 2 aliphatic rings. The number of benzene rings is 1. The lowest BCUT2D eigenvalue weighted by molar-refractivity contribution is 0.0769. The van der Waals surface area contributed by atoms with Crippen LogP contribution in [0.1, 0.15) is 65.0 Å². The number of fused-ring (bicyclic) bond motifs is 1. The predicted octanol–water partition coefficient (Wildman–Crippen LogP) is 4.70. The molecule has 0 saturated heterocycles. The van der Waals surface area contributed by atoms with Gasteiger partial charge in [-0.1, -0.05) is 45.9 Å². The van der Waals surface area contributed by atoms with Gasteiger partial charge in [0, 0.05) is 24.1 Å². The van der Waals surface area contributed by atoms with Crippen LogP contribution in [0.4, 0.5) is 0 Å². The molecule has 3 rings (SSSR count).